The van der Waals surface area contributed by atoms with Crippen LogP contribution in [0.25, 0.3) is 0 Å². The predicted molar refractivity (Wildman–Crippen MR) is 80.5 cm³/mol. The summed E-state index contributed by atoms with van der Waals surface area (Å²) in [6.07, 6.45) is 6.70. The number of carbonyl (C=O) groups is 1. The smallest absolute Gasteiger partial charge is 0.227 e. The topological polar surface area (TPSA) is 32.3 Å². The van der Waals surface area contributed by atoms with Crippen molar-refractivity contribution in [2.45, 2.75) is 50.6 Å². The number of hydrogen-bond donors (Lipinski definition) is 1. The molecule has 1 heterocycles. The number of nitrogens with zero attached hydrogens (tertiary/aromatic N) is 1. The van der Waals surface area contributed by atoms with Gasteiger partial charge in [0.25, 0.3) is 0 Å². The van der Waals surface area contributed by atoms with E-state index in [2.05, 4.69) is 10.2 Å². The number of carbonyl (C=O) groups excluding carboxylic acids is 1. The molecular formula is C17H24N2O. The summed E-state index contributed by atoms with van der Waals surface area (Å²) in [4.78, 5) is 14.7. The molecule has 1 saturated heterocycles. The molecule has 0 radical (unpaired) electrons. The summed E-state index contributed by atoms with van der Waals surface area (Å²) < 4.78 is 0. The van der Waals surface area contributed by atoms with Crippen molar-refractivity contribution in [1.82, 2.24) is 10.2 Å². The molecule has 1 unspecified atom stereocenters. The van der Waals surface area contributed by atoms with Gasteiger partial charge in [-0.2, -0.15) is 0 Å². The lowest BCUT2D eigenvalue weighted by Crippen LogP contribution is -2.47. The number of piperidine rings is 1. The van der Waals surface area contributed by atoms with E-state index in [0.29, 0.717) is 24.4 Å². The van der Waals surface area contributed by atoms with Crippen molar-refractivity contribution >= 4 is 5.91 Å². The number of rotatable bonds is 5. The quantitative estimate of drug-likeness (QED) is 0.892. The second kappa shape index (κ2) is 6.40. The van der Waals surface area contributed by atoms with E-state index >= 15 is 0 Å². The highest BCUT2D eigenvalue weighted by atomic mass is 16.2. The standard InChI is InChI=1S/C17H24N2O/c20-17(12-14-6-2-1-3-7-14)19(16-9-10-16)13-15-8-4-5-11-18-15/h1-3,6-7,15-16,18H,4-5,8-13H2. The Morgan fingerprint density at radius 2 is 1.95 bits per heavy atom. The maximum Gasteiger partial charge on any atom is 0.227 e. The van der Waals surface area contributed by atoms with Crippen LogP contribution < -0.4 is 5.32 Å². The van der Waals surface area contributed by atoms with E-state index in [1.165, 1.54) is 32.1 Å². The molecule has 20 heavy (non-hydrogen) atoms. The molecule has 1 saturated carbocycles. The molecule has 1 aliphatic carbocycles. The van der Waals surface area contributed by atoms with Gasteiger partial charge in [0.15, 0.2) is 0 Å². The molecule has 0 aromatic heterocycles. The molecule has 108 valence electrons. The van der Waals surface area contributed by atoms with Crippen LogP contribution in [-0.4, -0.2) is 36.0 Å². The first-order chi connectivity index (χ1) is 9.83. The van der Waals surface area contributed by atoms with Crippen LogP contribution >= 0.6 is 0 Å². The van der Waals surface area contributed by atoms with Gasteiger partial charge in [-0.25, -0.2) is 0 Å². The summed E-state index contributed by atoms with van der Waals surface area (Å²) >= 11 is 0. The number of nitrogens with one attached hydrogen (secondary N) is 1. The van der Waals surface area contributed by atoms with E-state index in [1.807, 2.05) is 30.3 Å². The molecule has 1 atom stereocenters. The molecule has 1 aromatic rings. The monoisotopic (exact) mass is 272 g/mol. The molecule has 3 rings (SSSR count). The number of hydrogen-bond acceptors (Lipinski definition) is 2. The van der Waals surface area contributed by atoms with Gasteiger partial charge in [0.1, 0.15) is 0 Å². The van der Waals surface area contributed by atoms with Gasteiger partial charge < -0.3 is 10.2 Å². The second-order valence-corrected chi connectivity index (χ2v) is 6.09. The Hall–Kier alpha value is -1.35. The molecular weight excluding hydrogens is 248 g/mol. The van der Waals surface area contributed by atoms with Crippen molar-refractivity contribution < 1.29 is 4.79 Å². The second-order valence-electron chi connectivity index (χ2n) is 6.09. The van der Waals surface area contributed by atoms with E-state index in [9.17, 15) is 4.79 Å². The summed E-state index contributed by atoms with van der Waals surface area (Å²) in [7, 11) is 0. The van der Waals surface area contributed by atoms with Gasteiger partial charge >= 0.3 is 0 Å². The highest BCUT2D eigenvalue weighted by Crippen LogP contribution is 2.28. The van der Waals surface area contributed by atoms with Gasteiger partial charge in [0.05, 0.1) is 6.42 Å². The van der Waals surface area contributed by atoms with Gasteiger partial charge in [-0.15, -0.1) is 0 Å². The van der Waals surface area contributed by atoms with Gasteiger partial charge in [0.2, 0.25) is 5.91 Å². The van der Waals surface area contributed by atoms with Crippen LogP contribution in [0.15, 0.2) is 30.3 Å². The Labute approximate surface area is 121 Å². The normalized spacial score (nSPS) is 22.5. The van der Waals surface area contributed by atoms with Gasteiger partial charge in [-0.05, 0) is 37.8 Å². The molecule has 2 aliphatic rings. The Kier molecular flexibility index (Phi) is 4.36. The van der Waals surface area contributed by atoms with E-state index in [4.69, 9.17) is 0 Å². The van der Waals surface area contributed by atoms with Crippen molar-refractivity contribution in [3.05, 3.63) is 35.9 Å². The minimum atomic E-state index is 0.297. The van der Waals surface area contributed by atoms with Crippen LogP contribution in [0.4, 0.5) is 0 Å². The summed E-state index contributed by atoms with van der Waals surface area (Å²) in [5, 5.41) is 3.56. The highest BCUT2D eigenvalue weighted by molar-refractivity contribution is 5.79. The van der Waals surface area contributed by atoms with Crippen LogP contribution in [0.3, 0.4) is 0 Å². The largest absolute Gasteiger partial charge is 0.338 e. The van der Waals surface area contributed by atoms with Crippen molar-refractivity contribution in [2.24, 2.45) is 0 Å². The Bertz CT molecular complexity index is 436. The van der Waals surface area contributed by atoms with Crippen LogP contribution in [0.1, 0.15) is 37.7 Å². The average Bonchev–Trinajstić information content (AvgIpc) is 3.31. The maximum atomic E-state index is 12.6. The van der Waals surface area contributed by atoms with Crippen LogP contribution in [-0.2, 0) is 11.2 Å². The van der Waals surface area contributed by atoms with Crippen LogP contribution in [0.2, 0.25) is 0 Å². The predicted octanol–water partition coefficient (Wildman–Crippen LogP) is 2.36. The molecule has 3 heteroatoms. The molecule has 1 aliphatic heterocycles. The zero-order valence-corrected chi connectivity index (χ0v) is 12.1. The first-order valence-electron chi connectivity index (χ1n) is 7.90. The molecule has 1 amide bonds. The van der Waals surface area contributed by atoms with E-state index in [-0.39, 0.29) is 0 Å². The first kappa shape index (κ1) is 13.6. The minimum absolute atomic E-state index is 0.297. The van der Waals surface area contributed by atoms with Crippen molar-refractivity contribution in [3.63, 3.8) is 0 Å². The molecule has 1 aromatic carbocycles. The lowest BCUT2D eigenvalue weighted by molar-refractivity contribution is -0.131. The van der Waals surface area contributed by atoms with Gasteiger partial charge in [-0.3, -0.25) is 4.79 Å². The van der Waals surface area contributed by atoms with E-state index < -0.39 is 0 Å². The van der Waals surface area contributed by atoms with E-state index in [0.717, 1.165) is 18.7 Å². The minimum Gasteiger partial charge on any atom is -0.338 e. The molecule has 1 N–H and O–H groups in total. The SMILES string of the molecule is O=C(Cc1ccccc1)N(CC1CCCCN1)C1CC1. The summed E-state index contributed by atoms with van der Waals surface area (Å²) in [6, 6.07) is 11.1. The Morgan fingerprint density at radius 3 is 2.60 bits per heavy atom. The lowest BCUT2D eigenvalue weighted by Gasteiger charge is -2.31. The fourth-order valence-corrected chi connectivity index (χ4v) is 3.03. The number of benzene rings is 1. The highest BCUT2D eigenvalue weighted by Gasteiger charge is 2.33. The third-order valence-electron chi connectivity index (χ3n) is 4.34. The molecule has 2 fully saturated rings. The van der Waals surface area contributed by atoms with Crippen molar-refractivity contribution in [2.75, 3.05) is 13.1 Å². The molecule has 0 bridgehead atoms. The molecule has 0 spiro atoms. The third kappa shape index (κ3) is 3.60. The zero-order valence-electron chi connectivity index (χ0n) is 12.1. The first-order valence-corrected chi connectivity index (χ1v) is 7.90. The number of amides is 1. The Morgan fingerprint density at radius 1 is 1.15 bits per heavy atom. The van der Waals surface area contributed by atoms with Crippen LogP contribution in [0, 0.1) is 0 Å². The lowest BCUT2D eigenvalue weighted by atomic mass is 10.0. The molecule has 3 nitrogen and oxygen atoms in total. The fourth-order valence-electron chi connectivity index (χ4n) is 3.03. The van der Waals surface area contributed by atoms with Crippen molar-refractivity contribution in [1.29, 1.82) is 0 Å². The average molecular weight is 272 g/mol. The summed E-state index contributed by atoms with van der Waals surface area (Å²) in [5.41, 5.74) is 1.12. The van der Waals surface area contributed by atoms with Gasteiger partial charge in [-0.1, -0.05) is 36.8 Å². The Balaban J connectivity index is 1.59. The van der Waals surface area contributed by atoms with E-state index in [1.54, 1.807) is 0 Å². The maximum absolute atomic E-state index is 12.6. The fraction of sp³-hybridized carbons (Fsp3) is 0.588. The summed E-state index contributed by atoms with van der Waals surface area (Å²) in [5.74, 6) is 0.297. The van der Waals surface area contributed by atoms with Crippen molar-refractivity contribution in [3.8, 4) is 0 Å². The van der Waals surface area contributed by atoms with Gasteiger partial charge in [0, 0.05) is 18.6 Å². The van der Waals surface area contributed by atoms with Crippen LogP contribution in [0.5, 0.6) is 0 Å². The third-order valence-corrected chi connectivity index (χ3v) is 4.34. The zero-order chi connectivity index (χ0) is 13.8. The summed E-state index contributed by atoms with van der Waals surface area (Å²) in [6.45, 7) is 2.01.